The largest absolute Gasteiger partial charge is 0.393 e. The fourth-order valence-corrected chi connectivity index (χ4v) is 4.75. The van der Waals surface area contributed by atoms with Crippen LogP contribution in [0, 0.1) is 0 Å². The van der Waals surface area contributed by atoms with Crippen LogP contribution in [-0.4, -0.2) is 59.4 Å². The molecule has 31 heavy (non-hydrogen) atoms. The Balaban J connectivity index is 1.82. The summed E-state index contributed by atoms with van der Waals surface area (Å²) < 4.78 is 24.7. The van der Waals surface area contributed by atoms with Crippen molar-refractivity contribution < 1.29 is 29.2 Å². The van der Waals surface area contributed by atoms with Gasteiger partial charge in [-0.05, 0) is 58.8 Å². The minimum Gasteiger partial charge on any atom is -0.393 e. The van der Waals surface area contributed by atoms with Gasteiger partial charge in [0, 0.05) is 12.8 Å². The number of rotatable bonds is 14. The Hall–Kier alpha value is -0.240. The zero-order valence-electron chi connectivity index (χ0n) is 20.3. The van der Waals surface area contributed by atoms with Gasteiger partial charge in [-0.15, -0.1) is 0 Å². The maximum absolute atomic E-state index is 9.80. The molecular formula is C25H48O6. The number of aliphatic hydroxyl groups excluding tert-OH is 2. The number of unbranched alkanes of at least 4 members (excludes halogenated alkanes) is 2. The van der Waals surface area contributed by atoms with Gasteiger partial charge in [0.2, 0.25) is 0 Å². The summed E-state index contributed by atoms with van der Waals surface area (Å²) in [6.45, 7) is 8.05. The van der Waals surface area contributed by atoms with Crippen LogP contribution in [0.5, 0.6) is 0 Å². The highest BCUT2D eigenvalue weighted by molar-refractivity contribution is 4.77. The van der Waals surface area contributed by atoms with Gasteiger partial charge in [0.15, 0.2) is 12.6 Å². The number of hydrogen-bond donors (Lipinski definition) is 2. The topological polar surface area (TPSA) is 77.4 Å². The monoisotopic (exact) mass is 444 g/mol. The third-order valence-corrected chi connectivity index (χ3v) is 6.28. The lowest BCUT2D eigenvalue weighted by molar-refractivity contribution is -0.260. The third-order valence-electron chi connectivity index (χ3n) is 6.28. The van der Waals surface area contributed by atoms with E-state index < -0.39 is 0 Å². The maximum Gasteiger partial charge on any atom is 0.158 e. The van der Waals surface area contributed by atoms with Crippen molar-refractivity contribution in [3.63, 3.8) is 0 Å². The summed E-state index contributed by atoms with van der Waals surface area (Å²) in [6, 6.07) is 0. The molecule has 0 bridgehead atoms. The van der Waals surface area contributed by atoms with E-state index in [1.807, 2.05) is 13.8 Å². The predicted octanol–water partition coefficient (Wildman–Crippen LogP) is 5.08. The van der Waals surface area contributed by atoms with Crippen LogP contribution in [0.3, 0.4) is 0 Å². The first-order valence-electron chi connectivity index (χ1n) is 12.9. The summed E-state index contributed by atoms with van der Waals surface area (Å²) in [7, 11) is 0. The Kier molecular flexibility index (Phi) is 12.9. The first-order valence-corrected chi connectivity index (χ1v) is 12.9. The van der Waals surface area contributed by atoms with Gasteiger partial charge in [-0.2, -0.15) is 0 Å². The van der Waals surface area contributed by atoms with E-state index in [-0.39, 0.29) is 49.2 Å². The van der Waals surface area contributed by atoms with E-state index in [9.17, 15) is 10.2 Å². The van der Waals surface area contributed by atoms with Gasteiger partial charge in [-0.1, -0.05) is 39.5 Å². The molecule has 0 aromatic carbocycles. The van der Waals surface area contributed by atoms with Crippen molar-refractivity contribution in [2.24, 2.45) is 0 Å². The summed E-state index contributed by atoms with van der Waals surface area (Å²) in [5.41, 5.74) is 0. The van der Waals surface area contributed by atoms with E-state index in [4.69, 9.17) is 18.9 Å². The first-order chi connectivity index (χ1) is 14.9. The van der Waals surface area contributed by atoms with Crippen LogP contribution < -0.4 is 0 Å². The van der Waals surface area contributed by atoms with E-state index in [1.165, 1.54) is 0 Å². The molecular weight excluding hydrogens is 396 g/mol. The van der Waals surface area contributed by atoms with Gasteiger partial charge < -0.3 is 29.2 Å². The van der Waals surface area contributed by atoms with Crippen molar-refractivity contribution in [1.29, 1.82) is 0 Å². The second kappa shape index (κ2) is 14.8. The Morgan fingerprint density at radius 2 is 1.00 bits per heavy atom. The van der Waals surface area contributed by atoms with Gasteiger partial charge in [0.25, 0.3) is 0 Å². The zero-order chi connectivity index (χ0) is 22.6. The van der Waals surface area contributed by atoms with Crippen LogP contribution in [0.25, 0.3) is 0 Å². The maximum atomic E-state index is 9.80. The highest BCUT2D eigenvalue weighted by atomic mass is 16.7. The summed E-state index contributed by atoms with van der Waals surface area (Å²) in [4.78, 5) is 0. The van der Waals surface area contributed by atoms with Crippen LogP contribution in [0.2, 0.25) is 0 Å². The molecule has 2 saturated heterocycles. The number of hydrogen-bond acceptors (Lipinski definition) is 6. The Morgan fingerprint density at radius 3 is 1.35 bits per heavy atom. The van der Waals surface area contributed by atoms with E-state index in [0.29, 0.717) is 12.8 Å². The Bertz CT molecular complexity index is 417. The van der Waals surface area contributed by atoms with Crippen LogP contribution in [0.1, 0.15) is 111 Å². The molecule has 0 spiro atoms. The SMILES string of the molecule is CCCCC1CC(CC(C)O)OC(CCCC2OC(CCCC)CC(CC(C)O)O2)O1. The second-order valence-corrected chi connectivity index (χ2v) is 9.75. The van der Waals surface area contributed by atoms with Crippen molar-refractivity contribution in [3.8, 4) is 0 Å². The lowest BCUT2D eigenvalue weighted by atomic mass is 9.99. The zero-order valence-corrected chi connectivity index (χ0v) is 20.3. The quantitative estimate of drug-likeness (QED) is 0.389. The van der Waals surface area contributed by atoms with Gasteiger partial charge >= 0.3 is 0 Å². The van der Waals surface area contributed by atoms with E-state index in [2.05, 4.69) is 13.8 Å². The summed E-state index contributed by atoms with van der Waals surface area (Å²) in [6.07, 6.45) is 11.8. The predicted molar refractivity (Wildman–Crippen MR) is 122 cm³/mol. The van der Waals surface area contributed by atoms with Crippen molar-refractivity contribution in [3.05, 3.63) is 0 Å². The fourth-order valence-electron chi connectivity index (χ4n) is 4.75. The minimum atomic E-state index is -0.356. The molecule has 0 aliphatic carbocycles. The summed E-state index contributed by atoms with van der Waals surface area (Å²) in [5, 5.41) is 19.6. The van der Waals surface area contributed by atoms with Gasteiger partial charge in [-0.3, -0.25) is 0 Å². The molecule has 2 aliphatic rings. The lowest BCUT2D eigenvalue weighted by Gasteiger charge is -2.38. The van der Waals surface area contributed by atoms with Gasteiger partial charge in [0.05, 0.1) is 36.6 Å². The molecule has 2 rings (SSSR count). The molecule has 6 heteroatoms. The molecule has 2 aliphatic heterocycles. The standard InChI is InChI=1S/C25H48O6/c1-5-7-10-20-16-22(14-18(3)26)30-24(28-20)12-9-13-25-29-21(11-8-6-2)17-23(31-25)15-19(4)27/h18-27H,5-17H2,1-4H3. The third kappa shape index (κ3) is 11.0. The van der Waals surface area contributed by atoms with Gasteiger partial charge in [0.1, 0.15) is 0 Å². The normalized spacial score (nSPS) is 33.9. The molecule has 0 saturated carbocycles. The molecule has 2 fully saturated rings. The summed E-state index contributed by atoms with van der Waals surface area (Å²) >= 11 is 0. The van der Waals surface area contributed by atoms with E-state index in [0.717, 1.165) is 70.6 Å². The highest BCUT2D eigenvalue weighted by Crippen LogP contribution is 2.30. The van der Waals surface area contributed by atoms with E-state index in [1.54, 1.807) is 0 Å². The molecule has 8 atom stereocenters. The smallest absolute Gasteiger partial charge is 0.158 e. The lowest BCUT2D eigenvalue weighted by Crippen LogP contribution is -2.40. The molecule has 0 aromatic rings. The number of aliphatic hydroxyl groups is 2. The molecule has 0 amide bonds. The van der Waals surface area contributed by atoms with Crippen LogP contribution in [0.4, 0.5) is 0 Å². The van der Waals surface area contributed by atoms with Crippen LogP contribution >= 0.6 is 0 Å². The average Bonchev–Trinajstić information content (AvgIpc) is 2.69. The molecule has 0 radical (unpaired) electrons. The molecule has 0 aromatic heterocycles. The molecule has 8 unspecified atom stereocenters. The van der Waals surface area contributed by atoms with Crippen molar-refractivity contribution in [1.82, 2.24) is 0 Å². The highest BCUT2D eigenvalue weighted by Gasteiger charge is 2.32. The molecule has 6 nitrogen and oxygen atoms in total. The molecule has 2 heterocycles. The molecule has 2 N–H and O–H groups in total. The van der Waals surface area contributed by atoms with Crippen molar-refractivity contribution in [2.75, 3.05) is 0 Å². The van der Waals surface area contributed by atoms with Crippen LogP contribution in [-0.2, 0) is 18.9 Å². The minimum absolute atomic E-state index is 0.0663. The first kappa shape index (κ1) is 27.0. The summed E-state index contributed by atoms with van der Waals surface area (Å²) in [5.74, 6) is 0. The van der Waals surface area contributed by atoms with Crippen molar-refractivity contribution in [2.45, 2.75) is 160 Å². The van der Waals surface area contributed by atoms with Crippen molar-refractivity contribution >= 4 is 0 Å². The van der Waals surface area contributed by atoms with E-state index >= 15 is 0 Å². The van der Waals surface area contributed by atoms with Crippen LogP contribution in [0.15, 0.2) is 0 Å². The molecule has 184 valence electrons. The number of ether oxygens (including phenoxy) is 4. The Labute approximate surface area is 190 Å². The fraction of sp³-hybridized carbons (Fsp3) is 1.00. The Morgan fingerprint density at radius 1 is 0.613 bits per heavy atom. The average molecular weight is 445 g/mol. The van der Waals surface area contributed by atoms with Gasteiger partial charge in [-0.25, -0.2) is 0 Å². The second-order valence-electron chi connectivity index (χ2n) is 9.75.